The van der Waals surface area contributed by atoms with Crippen molar-refractivity contribution >= 4 is 0 Å². The molecule has 2 nitrogen and oxygen atoms in total. The Labute approximate surface area is 130 Å². The molecule has 1 saturated carbocycles. The molecule has 0 aliphatic heterocycles. The van der Waals surface area contributed by atoms with Gasteiger partial charge in [0.2, 0.25) is 0 Å². The highest BCUT2D eigenvalue weighted by atomic mass is 15.2. The zero-order valence-electron chi connectivity index (χ0n) is 14.2. The quantitative estimate of drug-likeness (QED) is 0.631. The average molecular weight is 288 g/mol. The summed E-state index contributed by atoms with van der Waals surface area (Å²) in [5, 5.41) is 0. The van der Waals surface area contributed by atoms with E-state index in [2.05, 4.69) is 51.3 Å². The van der Waals surface area contributed by atoms with E-state index in [1.165, 1.54) is 42.4 Å². The van der Waals surface area contributed by atoms with Crippen LogP contribution >= 0.6 is 0 Å². The maximum atomic E-state index is 5.86. The molecule has 2 heteroatoms. The number of hydrogen-bond donors (Lipinski definition) is 2. The summed E-state index contributed by atoms with van der Waals surface area (Å²) in [6, 6.07) is 7.22. The van der Waals surface area contributed by atoms with E-state index in [9.17, 15) is 0 Å². The van der Waals surface area contributed by atoms with E-state index in [0.29, 0.717) is 6.04 Å². The Morgan fingerprint density at radius 2 is 1.67 bits per heavy atom. The summed E-state index contributed by atoms with van der Waals surface area (Å²) in [5.74, 6) is 8.34. The van der Waals surface area contributed by atoms with Crippen molar-refractivity contribution in [3.8, 4) is 0 Å². The van der Waals surface area contributed by atoms with Crippen LogP contribution in [-0.2, 0) is 6.42 Å². The molecule has 0 heterocycles. The largest absolute Gasteiger partial charge is 0.271 e. The summed E-state index contributed by atoms with van der Waals surface area (Å²) in [6.07, 6.45) is 6.43. The fourth-order valence-corrected chi connectivity index (χ4v) is 3.76. The number of hydrazine groups is 1. The fraction of sp³-hybridized carbons (Fsp3) is 0.684. The Bertz CT molecular complexity index is 445. The first-order valence-electron chi connectivity index (χ1n) is 8.53. The second-order valence-corrected chi connectivity index (χ2v) is 7.31. The van der Waals surface area contributed by atoms with E-state index in [1.54, 1.807) is 0 Å². The van der Waals surface area contributed by atoms with Gasteiger partial charge in [-0.2, -0.15) is 0 Å². The number of nitrogens with one attached hydrogen (secondary N) is 1. The van der Waals surface area contributed by atoms with Crippen molar-refractivity contribution in [1.82, 2.24) is 5.43 Å². The molecule has 1 aromatic carbocycles. The third-order valence-corrected chi connectivity index (χ3v) is 5.57. The molecule has 1 fully saturated rings. The first-order chi connectivity index (χ1) is 10.0. The Morgan fingerprint density at radius 1 is 1.05 bits per heavy atom. The van der Waals surface area contributed by atoms with E-state index in [1.807, 2.05) is 0 Å². The second-order valence-electron chi connectivity index (χ2n) is 7.31. The van der Waals surface area contributed by atoms with Gasteiger partial charge in [0.1, 0.15) is 0 Å². The minimum absolute atomic E-state index is 0.417. The molecule has 1 unspecified atom stereocenters. The highest BCUT2D eigenvalue weighted by molar-refractivity contribution is 5.30. The maximum Gasteiger partial charge on any atom is 0.0279 e. The van der Waals surface area contributed by atoms with Crippen molar-refractivity contribution in [1.29, 1.82) is 0 Å². The highest BCUT2D eigenvalue weighted by Crippen LogP contribution is 2.35. The van der Waals surface area contributed by atoms with Gasteiger partial charge in [0.25, 0.3) is 0 Å². The lowest BCUT2D eigenvalue weighted by atomic mass is 9.74. The van der Waals surface area contributed by atoms with Crippen molar-refractivity contribution in [3.05, 3.63) is 34.9 Å². The lowest BCUT2D eigenvalue weighted by molar-refractivity contribution is 0.188. The standard InChI is InChI=1S/C19H32N2/c1-13(2)17-7-9-18(10-8-17)19(21-20)12-16-6-5-14(3)15(4)11-16/h5-6,11,13,17-19,21H,7-10,12,20H2,1-4H3. The summed E-state index contributed by atoms with van der Waals surface area (Å²) in [5.41, 5.74) is 7.26. The van der Waals surface area contributed by atoms with E-state index >= 15 is 0 Å². The van der Waals surface area contributed by atoms with Crippen LogP contribution in [0.25, 0.3) is 0 Å². The van der Waals surface area contributed by atoms with Gasteiger partial charge in [-0.05, 0) is 80.4 Å². The van der Waals surface area contributed by atoms with Gasteiger partial charge in [-0.25, -0.2) is 0 Å². The van der Waals surface area contributed by atoms with Crippen molar-refractivity contribution in [3.63, 3.8) is 0 Å². The van der Waals surface area contributed by atoms with Crippen molar-refractivity contribution < 1.29 is 0 Å². The number of nitrogens with two attached hydrogens (primary N) is 1. The number of benzene rings is 1. The van der Waals surface area contributed by atoms with E-state index in [-0.39, 0.29) is 0 Å². The molecule has 118 valence electrons. The number of rotatable bonds is 5. The average Bonchev–Trinajstić information content (AvgIpc) is 2.48. The van der Waals surface area contributed by atoms with Crippen molar-refractivity contribution in [2.75, 3.05) is 0 Å². The van der Waals surface area contributed by atoms with E-state index in [0.717, 1.165) is 24.2 Å². The predicted octanol–water partition coefficient (Wildman–Crippen LogP) is 4.14. The molecule has 0 bridgehead atoms. The van der Waals surface area contributed by atoms with Crippen LogP contribution in [0, 0.1) is 31.6 Å². The molecule has 3 N–H and O–H groups in total. The Hall–Kier alpha value is -0.860. The topological polar surface area (TPSA) is 38.0 Å². The molecule has 1 aromatic rings. The lowest BCUT2D eigenvalue weighted by Gasteiger charge is -2.35. The minimum Gasteiger partial charge on any atom is -0.271 e. The minimum atomic E-state index is 0.417. The van der Waals surface area contributed by atoms with Gasteiger partial charge in [0.15, 0.2) is 0 Å². The zero-order valence-corrected chi connectivity index (χ0v) is 14.2. The first-order valence-corrected chi connectivity index (χ1v) is 8.53. The molecule has 0 saturated heterocycles. The predicted molar refractivity (Wildman–Crippen MR) is 91.0 cm³/mol. The van der Waals surface area contributed by atoms with Gasteiger partial charge in [-0.15, -0.1) is 0 Å². The monoisotopic (exact) mass is 288 g/mol. The van der Waals surface area contributed by atoms with Crippen molar-refractivity contribution in [2.24, 2.45) is 23.6 Å². The molecular formula is C19H32N2. The summed E-state index contributed by atoms with van der Waals surface area (Å²) >= 11 is 0. The van der Waals surface area contributed by atoms with Crippen LogP contribution in [0.1, 0.15) is 56.2 Å². The van der Waals surface area contributed by atoms with Crippen LogP contribution in [0.15, 0.2) is 18.2 Å². The summed E-state index contributed by atoms with van der Waals surface area (Å²) in [7, 11) is 0. The van der Waals surface area contributed by atoms with Gasteiger partial charge < -0.3 is 0 Å². The van der Waals surface area contributed by atoms with Crippen LogP contribution in [0.4, 0.5) is 0 Å². The molecule has 21 heavy (non-hydrogen) atoms. The van der Waals surface area contributed by atoms with E-state index in [4.69, 9.17) is 5.84 Å². The Kier molecular flexibility index (Phi) is 5.83. The van der Waals surface area contributed by atoms with Gasteiger partial charge in [-0.1, -0.05) is 32.0 Å². The summed E-state index contributed by atoms with van der Waals surface area (Å²) in [4.78, 5) is 0. The highest BCUT2D eigenvalue weighted by Gasteiger charge is 2.28. The summed E-state index contributed by atoms with van der Waals surface area (Å²) in [6.45, 7) is 9.08. The normalized spacial score (nSPS) is 24.3. The van der Waals surface area contributed by atoms with Crippen LogP contribution in [-0.4, -0.2) is 6.04 Å². The molecule has 0 spiro atoms. The zero-order chi connectivity index (χ0) is 15.4. The van der Waals surface area contributed by atoms with Crippen LogP contribution < -0.4 is 11.3 Å². The van der Waals surface area contributed by atoms with E-state index < -0.39 is 0 Å². The molecule has 1 aliphatic rings. The smallest absolute Gasteiger partial charge is 0.0279 e. The van der Waals surface area contributed by atoms with Gasteiger partial charge >= 0.3 is 0 Å². The van der Waals surface area contributed by atoms with Gasteiger partial charge in [0.05, 0.1) is 0 Å². The molecule has 0 radical (unpaired) electrons. The van der Waals surface area contributed by atoms with Crippen molar-refractivity contribution in [2.45, 2.75) is 65.8 Å². The van der Waals surface area contributed by atoms with Crippen LogP contribution in [0.2, 0.25) is 0 Å². The van der Waals surface area contributed by atoms with Gasteiger partial charge in [0, 0.05) is 6.04 Å². The first kappa shape index (κ1) is 16.5. The molecule has 2 rings (SSSR count). The Balaban J connectivity index is 1.95. The summed E-state index contributed by atoms with van der Waals surface area (Å²) < 4.78 is 0. The maximum absolute atomic E-state index is 5.86. The second kappa shape index (κ2) is 7.42. The fourth-order valence-electron chi connectivity index (χ4n) is 3.76. The number of aryl methyl sites for hydroxylation is 2. The van der Waals surface area contributed by atoms with Gasteiger partial charge in [-0.3, -0.25) is 11.3 Å². The molecule has 0 amide bonds. The Morgan fingerprint density at radius 3 is 2.19 bits per heavy atom. The molecule has 0 aromatic heterocycles. The molecule has 1 atom stereocenters. The SMILES string of the molecule is Cc1ccc(CC(NN)C2CCC(C(C)C)CC2)cc1C. The van der Waals surface area contributed by atoms with Crippen LogP contribution in [0.3, 0.4) is 0 Å². The molecule has 1 aliphatic carbocycles. The molecular weight excluding hydrogens is 256 g/mol. The third kappa shape index (κ3) is 4.31. The van der Waals surface area contributed by atoms with Crippen LogP contribution in [0.5, 0.6) is 0 Å². The lowest BCUT2D eigenvalue weighted by Crippen LogP contribution is -2.44. The third-order valence-electron chi connectivity index (χ3n) is 5.57. The number of hydrogen-bond acceptors (Lipinski definition) is 2.